The Kier molecular flexibility index (Phi) is 5.69. The Labute approximate surface area is 153 Å². The van der Waals surface area contributed by atoms with Gasteiger partial charge in [-0.3, -0.25) is 9.59 Å². The highest BCUT2D eigenvalue weighted by Gasteiger charge is 2.14. The maximum absolute atomic E-state index is 12.3. The van der Waals surface area contributed by atoms with E-state index in [0.717, 1.165) is 18.6 Å². The van der Waals surface area contributed by atoms with Crippen molar-refractivity contribution in [3.8, 4) is 5.75 Å². The van der Waals surface area contributed by atoms with Crippen LogP contribution in [0.2, 0.25) is 0 Å². The van der Waals surface area contributed by atoms with Crippen LogP contribution in [0.5, 0.6) is 5.75 Å². The van der Waals surface area contributed by atoms with Crippen LogP contribution in [-0.2, 0) is 4.79 Å². The van der Waals surface area contributed by atoms with E-state index in [1.54, 1.807) is 55.6 Å². The molecule has 5 heteroatoms. The minimum Gasteiger partial charge on any atom is -0.497 e. The van der Waals surface area contributed by atoms with E-state index >= 15 is 0 Å². The molecule has 1 aliphatic carbocycles. The lowest BCUT2D eigenvalue weighted by atomic mass is 10.0. The van der Waals surface area contributed by atoms with Crippen molar-refractivity contribution in [1.82, 2.24) is 0 Å². The molecule has 0 spiro atoms. The normalized spacial score (nSPS) is 15.5. The van der Waals surface area contributed by atoms with Gasteiger partial charge in [0.2, 0.25) is 5.91 Å². The highest BCUT2D eigenvalue weighted by molar-refractivity contribution is 6.04. The lowest BCUT2D eigenvalue weighted by molar-refractivity contribution is -0.116. The number of carbonyl (C=O) groups excluding carboxylic acids is 2. The number of allylic oxidation sites excluding steroid dienone is 2. The first-order chi connectivity index (χ1) is 12.6. The molecule has 134 valence electrons. The smallest absolute Gasteiger partial charge is 0.255 e. The van der Waals surface area contributed by atoms with Crippen LogP contribution in [0.25, 0.3) is 0 Å². The number of methoxy groups -OCH3 is 1. The van der Waals surface area contributed by atoms with Crippen molar-refractivity contribution in [2.24, 2.45) is 5.92 Å². The Bertz CT molecular complexity index is 795. The van der Waals surface area contributed by atoms with E-state index in [2.05, 4.69) is 22.8 Å². The number of anilines is 2. The van der Waals surface area contributed by atoms with Crippen molar-refractivity contribution in [3.05, 3.63) is 66.2 Å². The summed E-state index contributed by atoms with van der Waals surface area (Å²) >= 11 is 0. The molecule has 0 heterocycles. The molecule has 5 nitrogen and oxygen atoms in total. The van der Waals surface area contributed by atoms with Crippen LogP contribution >= 0.6 is 0 Å². The predicted molar refractivity (Wildman–Crippen MR) is 102 cm³/mol. The maximum atomic E-state index is 12.3. The zero-order valence-corrected chi connectivity index (χ0v) is 14.7. The van der Waals surface area contributed by atoms with Gasteiger partial charge in [0.25, 0.3) is 5.91 Å². The fourth-order valence-electron chi connectivity index (χ4n) is 2.90. The summed E-state index contributed by atoms with van der Waals surface area (Å²) in [7, 11) is 1.60. The molecule has 2 N–H and O–H groups in total. The largest absolute Gasteiger partial charge is 0.497 e. The van der Waals surface area contributed by atoms with Gasteiger partial charge in [-0.15, -0.1) is 0 Å². The number of hydrogen-bond acceptors (Lipinski definition) is 3. The number of benzene rings is 2. The van der Waals surface area contributed by atoms with Gasteiger partial charge in [-0.2, -0.15) is 0 Å². The van der Waals surface area contributed by atoms with Gasteiger partial charge in [-0.05, 0) is 67.3 Å². The molecule has 26 heavy (non-hydrogen) atoms. The summed E-state index contributed by atoms with van der Waals surface area (Å²) in [6.45, 7) is 0. The summed E-state index contributed by atoms with van der Waals surface area (Å²) in [5.74, 6) is 0.863. The highest BCUT2D eigenvalue weighted by Crippen LogP contribution is 2.21. The Balaban J connectivity index is 1.54. The number of hydrogen-bond donors (Lipinski definition) is 2. The van der Waals surface area contributed by atoms with Crippen molar-refractivity contribution in [2.75, 3.05) is 17.7 Å². The summed E-state index contributed by atoms with van der Waals surface area (Å²) in [4.78, 5) is 24.3. The van der Waals surface area contributed by atoms with Crippen molar-refractivity contribution in [3.63, 3.8) is 0 Å². The number of nitrogens with one attached hydrogen (secondary N) is 2. The molecule has 0 radical (unpaired) electrons. The van der Waals surface area contributed by atoms with E-state index in [1.807, 2.05) is 0 Å². The van der Waals surface area contributed by atoms with Gasteiger partial charge >= 0.3 is 0 Å². The molecule has 0 aromatic heterocycles. The third-order valence-electron chi connectivity index (χ3n) is 4.34. The summed E-state index contributed by atoms with van der Waals surface area (Å²) in [6, 6.07) is 14.0. The van der Waals surface area contributed by atoms with Crippen LogP contribution in [0.1, 0.15) is 29.6 Å². The molecule has 0 fully saturated rings. The van der Waals surface area contributed by atoms with Crippen LogP contribution in [0.4, 0.5) is 11.4 Å². The average Bonchev–Trinajstić information content (AvgIpc) is 3.15. The molecule has 0 bridgehead atoms. The molecule has 1 aliphatic rings. The first-order valence-corrected chi connectivity index (χ1v) is 8.66. The standard InChI is InChI=1S/C21H22N2O3/c1-26-19-12-10-18(11-13-19)23-21(25)16-6-8-17(9-7-16)22-20(24)14-15-4-2-3-5-15/h2,4,6-13,15H,3,5,14H2,1H3,(H,22,24)(H,23,25)/t15-/m1/s1. The number of amides is 2. The molecule has 2 amide bonds. The first kappa shape index (κ1) is 17.7. The Hall–Kier alpha value is -3.08. The molecule has 0 unspecified atom stereocenters. The molecular formula is C21H22N2O3. The second-order valence-electron chi connectivity index (χ2n) is 6.28. The summed E-state index contributed by atoms with van der Waals surface area (Å²) in [5.41, 5.74) is 1.91. The van der Waals surface area contributed by atoms with Crippen LogP contribution in [-0.4, -0.2) is 18.9 Å². The van der Waals surface area contributed by atoms with E-state index in [-0.39, 0.29) is 11.8 Å². The van der Waals surface area contributed by atoms with E-state index in [1.165, 1.54) is 0 Å². The van der Waals surface area contributed by atoms with Crippen LogP contribution in [0, 0.1) is 5.92 Å². The quantitative estimate of drug-likeness (QED) is 0.766. The van der Waals surface area contributed by atoms with Crippen LogP contribution < -0.4 is 15.4 Å². The summed E-state index contributed by atoms with van der Waals surface area (Å²) in [6.07, 6.45) is 6.81. The third-order valence-corrected chi connectivity index (χ3v) is 4.34. The van der Waals surface area contributed by atoms with Crippen molar-refractivity contribution < 1.29 is 14.3 Å². The maximum Gasteiger partial charge on any atom is 0.255 e. The minimum absolute atomic E-state index is 0.00279. The lowest BCUT2D eigenvalue weighted by Gasteiger charge is -2.10. The van der Waals surface area contributed by atoms with Crippen LogP contribution in [0.3, 0.4) is 0 Å². The monoisotopic (exact) mass is 350 g/mol. The average molecular weight is 350 g/mol. The van der Waals surface area contributed by atoms with Gasteiger partial charge in [-0.1, -0.05) is 12.2 Å². The molecule has 0 aliphatic heterocycles. The number of carbonyl (C=O) groups is 2. The molecule has 0 saturated carbocycles. The van der Waals surface area contributed by atoms with Gasteiger partial charge in [0.15, 0.2) is 0 Å². The molecular weight excluding hydrogens is 328 g/mol. The van der Waals surface area contributed by atoms with E-state index in [0.29, 0.717) is 29.3 Å². The molecule has 2 aromatic rings. The highest BCUT2D eigenvalue weighted by atomic mass is 16.5. The fraction of sp³-hybridized carbons (Fsp3) is 0.238. The topological polar surface area (TPSA) is 67.4 Å². The minimum atomic E-state index is -0.205. The van der Waals surface area contributed by atoms with Gasteiger partial charge in [0, 0.05) is 23.4 Å². The Morgan fingerprint density at radius 3 is 2.27 bits per heavy atom. The fourth-order valence-corrected chi connectivity index (χ4v) is 2.90. The molecule has 3 rings (SSSR count). The SMILES string of the molecule is COc1ccc(NC(=O)c2ccc(NC(=O)C[C@@H]3C=CCC3)cc2)cc1. The van der Waals surface area contributed by atoms with E-state index in [4.69, 9.17) is 4.74 Å². The summed E-state index contributed by atoms with van der Waals surface area (Å²) in [5, 5.41) is 5.71. The second kappa shape index (κ2) is 8.34. The zero-order chi connectivity index (χ0) is 18.4. The van der Waals surface area contributed by atoms with E-state index in [9.17, 15) is 9.59 Å². The number of rotatable bonds is 6. The van der Waals surface area contributed by atoms with Crippen molar-refractivity contribution >= 4 is 23.2 Å². The van der Waals surface area contributed by atoms with Gasteiger partial charge in [0.1, 0.15) is 5.75 Å². The van der Waals surface area contributed by atoms with Crippen molar-refractivity contribution in [1.29, 1.82) is 0 Å². The second-order valence-corrected chi connectivity index (χ2v) is 6.28. The van der Waals surface area contributed by atoms with Gasteiger partial charge in [-0.25, -0.2) is 0 Å². The Morgan fingerprint density at radius 1 is 1.00 bits per heavy atom. The molecule has 1 atom stereocenters. The zero-order valence-electron chi connectivity index (χ0n) is 14.7. The van der Waals surface area contributed by atoms with Gasteiger partial charge in [0.05, 0.1) is 7.11 Å². The van der Waals surface area contributed by atoms with Crippen molar-refractivity contribution in [2.45, 2.75) is 19.3 Å². The lowest BCUT2D eigenvalue weighted by Crippen LogP contribution is -2.15. The number of ether oxygens (including phenoxy) is 1. The third kappa shape index (κ3) is 4.72. The molecule has 0 saturated heterocycles. The molecule has 2 aromatic carbocycles. The first-order valence-electron chi connectivity index (χ1n) is 8.66. The van der Waals surface area contributed by atoms with E-state index < -0.39 is 0 Å². The predicted octanol–water partition coefficient (Wildman–Crippen LogP) is 4.24. The Morgan fingerprint density at radius 2 is 1.65 bits per heavy atom. The summed E-state index contributed by atoms with van der Waals surface area (Å²) < 4.78 is 5.09. The van der Waals surface area contributed by atoms with Crippen LogP contribution in [0.15, 0.2) is 60.7 Å². The van der Waals surface area contributed by atoms with Gasteiger partial charge < -0.3 is 15.4 Å².